The van der Waals surface area contributed by atoms with Crippen LogP contribution in [0.15, 0.2) is 47.5 Å². The Balaban J connectivity index is 2.12. The molecule has 0 unspecified atom stereocenters. The van der Waals surface area contributed by atoms with Crippen LogP contribution in [0.1, 0.15) is 16.8 Å². The highest BCUT2D eigenvalue weighted by Crippen LogP contribution is 2.15. The summed E-state index contributed by atoms with van der Waals surface area (Å²) in [7, 11) is -3.73. The molecule has 5 heteroatoms. The molecule has 1 aromatic carbocycles. The molecule has 0 aliphatic rings. The first kappa shape index (κ1) is 13.7. The fourth-order valence-electron chi connectivity index (χ4n) is 1.59. The summed E-state index contributed by atoms with van der Waals surface area (Å²) in [6.07, 6.45) is 1.63. The van der Waals surface area contributed by atoms with E-state index < -0.39 is 10.1 Å². The lowest BCUT2D eigenvalue weighted by Crippen LogP contribution is -2.07. The first-order valence-corrected chi connectivity index (χ1v) is 7.26. The number of aromatic nitrogens is 1. The molecule has 0 amide bonds. The fraction of sp³-hybridized carbons (Fsp3) is 0.214. The highest BCUT2D eigenvalue weighted by Gasteiger charge is 2.15. The Morgan fingerprint density at radius 2 is 1.74 bits per heavy atom. The molecule has 100 valence electrons. The molecular weight excluding hydrogens is 262 g/mol. The highest BCUT2D eigenvalue weighted by atomic mass is 32.2. The maximum Gasteiger partial charge on any atom is 0.297 e. The summed E-state index contributed by atoms with van der Waals surface area (Å²) in [6, 6.07) is 10.2. The van der Waals surface area contributed by atoms with Crippen molar-refractivity contribution in [3.05, 3.63) is 59.4 Å². The minimum absolute atomic E-state index is 0.0576. The van der Waals surface area contributed by atoms with Gasteiger partial charge in [0.25, 0.3) is 10.1 Å². The third-order valence-corrected chi connectivity index (χ3v) is 3.92. The number of benzene rings is 1. The predicted octanol–water partition coefficient (Wildman–Crippen LogP) is 2.60. The van der Waals surface area contributed by atoms with Gasteiger partial charge in [0.1, 0.15) is 6.61 Å². The van der Waals surface area contributed by atoms with Gasteiger partial charge in [0.05, 0.1) is 10.6 Å². The van der Waals surface area contributed by atoms with Gasteiger partial charge in [-0.05, 0) is 43.7 Å². The lowest BCUT2D eigenvalue weighted by molar-refractivity contribution is 0.303. The van der Waals surface area contributed by atoms with Gasteiger partial charge in [-0.3, -0.25) is 9.17 Å². The van der Waals surface area contributed by atoms with Crippen LogP contribution in [0.25, 0.3) is 0 Å². The second kappa shape index (κ2) is 5.50. The van der Waals surface area contributed by atoms with Gasteiger partial charge in [0, 0.05) is 6.20 Å². The van der Waals surface area contributed by atoms with Crippen molar-refractivity contribution in [3.63, 3.8) is 0 Å². The van der Waals surface area contributed by atoms with Gasteiger partial charge >= 0.3 is 0 Å². The average Bonchev–Trinajstić information content (AvgIpc) is 2.37. The zero-order valence-corrected chi connectivity index (χ0v) is 11.6. The Morgan fingerprint density at radius 3 is 2.37 bits per heavy atom. The zero-order valence-electron chi connectivity index (χ0n) is 10.8. The molecule has 0 N–H and O–H groups in total. The normalized spacial score (nSPS) is 11.5. The van der Waals surface area contributed by atoms with E-state index in [1.807, 2.05) is 19.9 Å². The van der Waals surface area contributed by atoms with Gasteiger partial charge in [0.15, 0.2) is 0 Å². The highest BCUT2D eigenvalue weighted by molar-refractivity contribution is 7.86. The van der Waals surface area contributed by atoms with Gasteiger partial charge < -0.3 is 0 Å². The number of hydrogen-bond acceptors (Lipinski definition) is 4. The summed E-state index contributed by atoms with van der Waals surface area (Å²) in [5, 5.41) is 0. The molecule has 19 heavy (non-hydrogen) atoms. The minimum Gasteiger partial charge on any atom is -0.260 e. The molecule has 0 bridgehead atoms. The summed E-state index contributed by atoms with van der Waals surface area (Å²) in [6.45, 7) is 3.76. The first-order valence-electron chi connectivity index (χ1n) is 5.85. The summed E-state index contributed by atoms with van der Waals surface area (Å²) in [4.78, 5) is 4.22. The molecule has 0 fully saturated rings. The van der Waals surface area contributed by atoms with E-state index in [1.165, 1.54) is 12.1 Å². The number of aryl methyl sites for hydroxylation is 2. The molecule has 0 radical (unpaired) electrons. The van der Waals surface area contributed by atoms with Crippen LogP contribution >= 0.6 is 0 Å². The van der Waals surface area contributed by atoms with Crippen LogP contribution in [0.3, 0.4) is 0 Å². The van der Waals surface area contributed by atoms with Gasteiger partial charge in [-0.15, -0.1) is 0 Å². The molecule has 2 aromatic rings. The maximum atomic E-state index is 12.0. The SMILES string of the molecule is Cc1ccc(S(=O)(=O)OCc2cc(C)ccn2)cc1. The first-order chi connectivity index (χ1) is 8.97. The number of pyridine rings is 1. The van der Waals surface area contributed by atoms with E-state index in [1.54, 1.807) is 24.4 Å². The van der Waals surface area contributed by atoms with E-state index in [-0.39, 0.29) is 11.5 Å². The molecular formula is C14H15NO3S. The van der Waals surface area contributed by atoms with E-state index >= 15 is 0 Å². The second-order valence-corrected chi connectivity index (χ2v) is 5.97. The number of rotatable bonds is 4. The standard InChI is InChI=1S/C14H15NO3S/c1-11-3-5-14(6-4-11)19(16,17)18-10-13-9-12(2)7-8-15-13/h3-9H,10H2,1-2H3. The zero-order chi connectivity index (χ0) is 13.9. The Kier molecular flexibility index (Phi) is 3.97. The molecule has 0 spiro atoms. The van der Waals surface area contributed by atoms with Crippen molar-refractivity contribution >= 4 is 10.1 Å². The quantitative estimate of drug-likeness (QED) is 0.806. The van der Waals surface area contributed by atoms with Crippen LogP contribution in [-0.4, -0.2) is 13.4 Å². The fourth-order valence-corrected chi connectivity index (χ4v) is 2.47. The van der Waals surface area contributed by atoms with Crippen LogP contribution in [0, 0.1) is 13.8 Å². The van der Waals surface area contributed by atoms with Crippen molar-refractivity contribution in [1.29, 1.82) is 0 Å². The minimum atomic E-state index is -3.73. The molecule has 0 saturated carbocycles. The lowest BCUT2D eigenvalue weighted by Gasteiger charge is -2.06. The van der Waals surface area contributed by atoms with E-state index in [0.29, 0.717) is 5.69 Å². The van der Waals surface area contributed by atoms with Crippen LogP contribution in [0.5, 0.6) is 0 Å². The van der Waals surface area contributed by atoms with E-state index in [9.17, 15) is 8.42 Å². The van der Waals surface area contributed by atoms with Crippen molar-refractivity contribution in [1.82, 2.24) is 4.98 Å². The van der Waals surface area contributed by atoms with Crippen molar-refractivity contribution < 1.29 is 12.6 Å². The largest absolute Gasteiger partial charge is 0.297 e. The third-order valence-electron chi connectivity index (χ3n) is 2.64. The van der Waals surface area contributed by atoms with E-state index in [0.717, 1.165) is 11.1 Å². The van der Waals surface area contributed by atoms with Crippen LogP contribution in [-0.2, 0) is 20.9 Å². The Labute approximate surface area is 113 Å². The second-order valence-electron chi connectivity index (χ2n) is 4.35. The van der Waals surface area contributed by atoms with Crippen LogP contribution in [0.4, 0.5) is 0 Å². The Hall–Kier alpha value is -1.72. The smallest absolute Gasteiger partial charge is 0.260 e. The van der Waals surface area contributed by atoms with Gasteiger partial charge in [-0.1, -0.05) is 17.7 Å². The van der Waals surface area contributed by atoms with Gasteiger partial charge in [0.2, 0.25) is 0 Å². The molecule has 4 nitrogen and oxygen atoms in total. The van der Waals surface area contributed by atoms with Crippen molar-refractivity contribution in [2.75, 3.05) is 0 Å². The molecule has 1 aromatic heterocycles. The third kappa shape index (κ3) is 3.62. The van der Waals surface area contributed by atoms with Crippen LogP contribution < -0.4 is 0 Å². The molecule has 0 aliphatic heterocycles. The van der Waals surface area contributed by atoms with Crippen molar-refractivity contribution in [3.8, 4) is 0 Å². The van der Waals surface area contributed by atoms with E-state index in [4.69, 9.17) is 4.18 Å². The average molecular weight is 277 g/mol. The van der Waals surface area contributed by atoms with Crippen molar-refractivity contribution in [2.45, 2.75) is 25.3 Å². The monoisotopic (exact) mass is 277 g/mol. The van der Waals surface area contributed by atoms with Crippen molar-refractivity contribution in [2.24, 2.45) is 0 Å². The van der Waals surface area contributed by atoms with E-state index in [2.05, 4.69) is 4.98 Å². The lowest BCUT2D eigenvalue weighted by atomic mass is 10.2. The molecule has 2 rings (SSSR count). The number of nitrogens with zero attached hydrogens (tertiary/aromatic N) is 1. The number of hydrogen-bond donors (Lipinski definition) is 0. The summed E-state index contributed by atoms with van der Waals surface area (Å²) in [5.74, 6) is 0. The summed E-state index contributed by atoms with van der Waals surface area (Å²) in [5.41, 5.74) is 2.61. The van der Waals surface area contributed by atoms with Gasteiger partial charge in [-0.25, -0.2) is 0 Å². The Bertz CT molecular complexity index is 663. The van der Waals surface area contributed by atoms with Crippen LogP contribution in [0.2, 0.25) is 0 Å². The topological polar surface area (TPSA) is 56.3 Å². The summed E-state index contributed by atoms with van der Waals surface area (Å²) < 4.78 is 28.9. The maximum absolute atomic E-state index is 12.0. The predicted molar refractivity (Wildman–Crippen MR) is 72.1 cm³/mol. The molecule has 0 atom stereocenters. The van der Waals surface area contributed by atoms with Gasteiger partial charge in [-0.2, -0.15) is 8.42 Å². The Morgan fingerprint density at radius 1 is 1.05 bits per heavy atom. The summed E-state index contributed by atoms with van der Waals surface area (Å²) >= 11 is 0. The molecule has 1 heterocycles. The molecule has 0 saturated heterocycles. The molecule has 0 aliphatic carbocycles.